The van der Waals surface area contributed by atoms with Crippen LogP contribution in [0.25, 0.3) is 0 Å². The van der Waals surface area contributed by atoms with E-state index in [1.165, 1.54) is 0 Å². The lowest BCUT2D eigenvalue weighted by molar-refractivity contribution is -0.268. The molecular weight excluding hydrogens is 246 g/mol. The van der Waals surface area contributed by atoms with E-state index in [-0.39, 0.29) is 26.2 Å². The summed E-state index contributed by atoms with van der Waals surface area (Å²) in [6.45, 7) is 0. The average molecular weight is 246 g/mol. The molecule has 0 aliphatic carbocycles. The first-order chi connectivity index (χ1) is 6.54. The molecule has 0 saturated carbocycles. The summed E-state index contributed by atoms with van der Waals surface area (Å²) in [6.07, 6.45) is 0. The van der Waals surface area contributed by atoms with Gasteiger partial charge in [0.25, 0.3) is 0 Å². The van der Waals surface area contributed by atoms with E-state index in [1.807, 2.05) is 0 Å². The molecule has 0 saturated heterocycles. The summed E-state index contributed by atoms with van der Waals surface area (Å²) in [7, 11) is 0. The van der Waals surface area contributed by atoms with Crippen molar-refractivity contribution < 1.29 is 5.11 Å². The lowest BCUT2D eigenvalue weighted by Crippen LogP contribution is -1.99. The SMILES string of the molecule is N#Cc1c([O-])c(Cl)c(Cl)c(C#N)c1Cl. The molecule has 0 aromatic heterocycles. The zero-order valence-electron chi connectivity index (χ0n) is 6.44. The van der Waals surface area contributed by atoms with Crippen LogP contribution >= 0.6 is 34.8 Å². The Morgan fingerprint density at radius 3 is 1.79 bits per heavy atom. The predicted molar refractivity (Wildman–Crippen MR) is 50.3 cm³/mol. The predicted octanol–water partition coefficient (Wildman–Crippen LogP) is 2.46. The summed E-state index contributed by atoms with van der Waals surface area (Å²) in [5, 5.41) is 27.7. The van der Waals surface area contributed by atoms with Crippen molar-refractivity contribution in [3.63, 3.8) is 0 Å². The molecule has 0 aliphatic rings. The summed E-state index contributed by atoms with van der Waals surface area (Å²) in [4.78, 5) is 0. The van der Waals surface area contributed by atoms with E-state index in [4.69, 9.17) is 45.3 Å². The zero-order chi connectivity index (χ0) is 10.9. The molecule has 14 heavy (non-hydrogen) atoms. The average Bonchev–Trinajstić information content (AvgIpc) is 2.16. The molecule has 0 spiro atoms. The van der Waals surface area contributed by atoms with Gasteiger partial charge in [-0.15, -0.1) is 0 Å². The van der Waals surface area contributed by atoms with Gasteiger partial charge >= 0.3 is 0 Å². The van der Waals surface area contributed by atoms with Crippen LogP contribution in [0.5, 0.6) is 5.75 Å². The topological polar surface area (TPSA) is 70.6 Å². The van der Waals surface area contributed by atoms with Crippen molar-refractivity contribution in [1.29, 1.82) is 10.5 Å². The molecule has 1 aromatic carbocycles. The van der Waals surface area contributed by atoms with Crippen LogP contribution in [0.3, 0.4) is 0 Å². The normalized spacial score (nSPS) is 9.21. The Morgan fingerprint density at radius 2 is 1.36 bits per heavy atom. The third-order valence-electron chi connectivity index (χ3n) is 1.50. The van der Waals surface area contributed by atoms with Gasteiger partial charge in [-0.25, -0.2) is 0 Å². The number of benzene rings is 1. The van der Waals surface area contributed by atoms with E-state index in [1.54, 1.807) is 12.1 Å². The van der Waals surface area contributed by atoms with Gasteiger partial charge in [0, 0.05) is 0 Å². The van der Waals surface area contributed by atoms with Crippen molar-refractivity contribution in [3.8, 4) is 17.9 Å². The van der Waals surface area contributed by atoms with Crippen LogP contribution in [0.15, 0.2) is 0 Å². The van der Waals surface area contributed by atoms with Crippen molar-refractivity contribution >= 4 is 34.8 Å². The highest BCUT2D eigenvalue weighted by Crippen LogP contribution is 2.40. The zero-order valence-corrected chi connectivity index (χ0v) is 8.70. The number of nitriles is 2. The lowest BCUT2D eigenvalue weighted by atomic mass is 10.1. The quantitative estimate of drug-likeness (QED) is 0.660. The van der Waals surface area contributed by atoms with Gasteiger partial charge in [-0.3, -0.25) is 0 Å². The van der Waals surface area contributed by atoms with Gasteiger partial charge in [0.05, 0.1) is 26.2 Å². The maximum absolute atomic E-state index is 11.3. The fourth-order valence-electron chi connectivity index (χ4n) is 0.838. The standard InChI is InChI=1S/C8HCl3N2O/c9-5-3(1-12)6(10)7(11)8(14)4(5)2-13/h14H/p-1. The molecule has 1 aromatic rings. The molecule has 0 amide bonds. The number of hydrogen-bond donors (Lipinski definition) is 0. The molecule has 0 radical (unpaired) electrons. The maximum Gasteiger partial charge on any atom is 0.102 e. The Morgan fingerprint density at radius 1 is 0.857 bits per heavy atom. The van der Waals surface area contributed by atoms with Crippen LogP contribution in [0.4, 0.5) is 0 Å². The highest BCUT2D eigenvalue weighted by Gasteiger charge is 2.15. The molecular formula is C8Cl3N2O-. The third kappa shape index (κ3) is 1.47. The largest absolute Gasteiger partial charge is 0.870 e. The van der Waals surface area contributed by atoms with E-state index in [0.29, 0.717) is 0 Å². The van der Waals surface area contributed by atoms with E-state index in [2.05, 4.69) is 0 Å². The van der Waals surface area contributed by atoms with Gasteiger partial charge in [-0.1, -0.05) is 40.6 Å². The Kier molecular flexibility index (Phi) is 3.08. The summed E-state index contributed by atoms with van der Waals surface area (Å²) in [6, 6.07) is 3.24. The summed E-state index contributed by atoms with van der Waals surface area (Å²) >= 11 is 16.7. The van der Waals surface area contributed by atoms with Gasteiger partial charge in [-0.05, 0) is 0 Å². The number of nitrogens with zero attached hydrogens (tertiary/aromatic N) is 2. The van der Waals surface area contributed by atoms with Gasteiger partial charge in [0.2, 0.25) is 0 Å². The smallest absolute Gasteiger partial charge is 0.102 e. The second-order valence-electron chi connectivity index (χ2n) is 2.24. The molecule has 0 unspecified atom stereocenters. The van der Waals surface area contributed by atoms with Crippen LogP contribution in [0.2, 0.25) is 15.1 Å². The molecule has 1 rings (SSSR count). The van der Waals surface area contributed by atoms with Gasteiger partial charge < -0.3 is 5.11 Å². The van der Waals surface area contributed by atoms with E-state index in [9.17, 15) is 5.11 Å². The fraction of sp³-hybridized carbons (Fsp3) is 0. The minimum Gasteiger partial charge on any atom is -0.870 e. The molecule has 0 N–H and O–H groups in total. The van der Waals surface area contributed by atoms with Gasteiger partial charge in [-0.2, -0.15) is 10.5 Å². The first-order valence-electron chi connectivity index (χ1n) is 3.22. The van der Waals surface area contributed by atoms with Gasteiger partial charge in [0.15, 0.2) is 0 Å². The van der Waals surface area contributed by atoms with Crippen molar-refractivity contribution in [2.24, 2.45) is 0 Å². The Balaban J connectivity index is 3.78. The second kappa shape index (κ2) is 3.94. The van der Waals surface area contributed by atoms with Crippen LogP contribution in [0.1, 0.15) is 11.1 Å². The van der Waals surface area contributed by atoms with E-state index < -0.39 is 5.75 Å². The lowest BCUT2D eigenvalue weighted by Gasteiger charge is -2.14. The molecule has 0 aliphatic heterocycles. The first kappa shape index (κ1) is 10.9. The highest BCUT2D eigenvalue weighted by molar-refractivity contribution is 6.45. The molecule has 0 bridgehead atoms. The summed E-state index contributed by atoms with van der Waals surface area (Å²) in [5.41, 5.74) is -0.521. The molecule has 0 atom stereocenters. The molecule has 3 nitrogen and oxygen atoms in total. The van der Waals surface area contributed by atoms with Crippen LogP contribution < -0.4 is 5.11 Å². The van der Waals surface area contributed by atoms with E-state index >= 15 is 0 Å². The Labute approximate surface area is 94.7 Å². The van der Waals surface area contributed by atoms with Crippen molar-refractivity contribution in [1.82, 2.24) is 0 Å². The fourth-order valence-corrected chi connectivity index (χ4v) is 1.56. The molecule has 0 fully saturated rings. The highest BCUT2D eigenvalue weighted by atomic mass is 35.5. The number of rotatable bonds is 0. The molecule has 6 heteroatoms. The summed E-state index contributed by atoms with van der Waals surface area (Å²) < 4.78 is 0. The van der Waals surface area contributed by atoms with Gasteiger partial charge in [0.1, 0.15) is 12.1 Å². The number of hydrogen-bond acceptors (Lipinski definition) is 3. The second-order valence-corrected chi connectivity index (χ2v) is 3.38. The van der Waals surface area contributed by atoms with Crippen molar-refractivity contribution in [3.05, 3.63) is 26.2 Å². The first-order valence-corrected chi connectivity index (χ1v) is 4.35. The van der Waals surface area contributed by atoms with Crippen LogP contribution in [-0.4, -0.2) is 0 Å². The van der Waals surface area contributed by atoms with Crippen LogP contribution in [0, 0.1) is 22.7 Å². The van der Waals surface area contributed by atoms with Crippen LogP contribution in [-0.2, 0) is 0 Å². The monoisotopic (exact) mass is 245 g/mol. The maximum atomic E-state index is 11.3. The molecule has 0 heterocycles. The van der Waals surface area contributed by atoms with Crippen molar-refractivity contribution in [2.75, 3.05) is 0 Å². The Bertz CT molecular complexity index is 444. The minimum absolute atomic E-state index is 0.158. The summed E-state index contributed by atoms with van der Waals surface area (Å²) in [5.74, 6) is -0.761. The van der Waals surface area contributed by atoms with E-state index in [0.717, 1.165) is 0 Å². The van der Waals surface area contributed by atoms with Crippen molar-refractivity contribution in [2.45, 2.75) is 0 Å². The third-order valence-corrected chi connectivity index (χ3v) is 2.71. The minimum atomic E-state index is -0.761. The molecule has 70 valence electrons. The number of halogens is 3. The Hall–Kier alpha value is -1.13.